The molecular weight excluding hydrogens is 188 g/mol. The molecular formula is C9H10O5. The summed E-state index contributed by atoms with van der Waals surface area (Å²) in [6.45, 7) is 0. The molecule has 0 bridgehead atoms. The summed E-state index contributed by atoms with van der Waals surface area (Å²) in [6, 6.07) is 0. The zero-order valence-corrected chi connectivity index (χ0v) is 7.43. The number of fused-ring (bicyclic) bond motifs is 1. The number of ketones is 1. The summed E-state index contributed by atoms with van der Waals surface area (Å²) in [6.07, 6.45) is 0.831. The maximum atomic E-state index is 11.3. The molecule has 1 aliphatic carbocycles. The Morgan fingerprint density at radius 2 is 2.14 bits per heavy atom. The first-order valence-corrected chi connectivity index (χ1v) is 4.57. The third-order valence-electron chi connectivity index (χ3n) is 2.86. The molecule has 3 atom stereocenters. The lowest BCUT2D eigenvalue weighted by Gasteiger charge is -2.22. The predicted molar refractivity (Wildman–Crippen MR) is 43.4 cm³/mol. The van der Waals surface area contributed by atoms with Crippen LogP contribution in [0.4, 0.5) is 0 Å². The van der Waals surface area contributed by atoms with Crippen LogP contribution in [0, 0.1) is 11.8 Å². The van der Waals surface area contributed by atoms with Crippen molar-refractivity contribution in [1.29, 1.82) is 0 Å². The van der Waals surface area contributed by atoms with E-state index in [0.29, 0.717) is 19.3 Å². The average Bonchev–Trinajstić information content (AvgIpc) is 2.42. The van der Waals surface area contributed by atoms with Gasteiger partial charge < -0.3 is 9.84 Å². The molecule has 1 heterocycles. The number of hydrogen-bond acceptors (Lipinski definition) is 4. The summed E-state index contributed by atoms with van der Waals surface area (Å²) in [7, 11) is 0. The molecule has 2 aliphatic rings. The number of esters is 1. The highest BCUT2D eigenvalue weighted by Gasteiger charge is 2.52. The Kier molecular flexibility index (Phi) is 2.02. The Balaban J connectivity index is 2.26. The first-order valence-electron chi connectivity index (χ1n) is 4.57. The van der Waals surface area contributed by atoms with Crippen LogP contribution in [0.1, 0.15) is 19.3 Å². The van der Waals surface area contributed by atoms with E-state index in [1.54, 1.807) is 0 Å². The predicted octanol–water partition coefficient (Wildman–Crippen LogP) is -0.0182. The molecule has 0 aromatic carbocycles. The second kappa shape index (κ2) is 3.08. The molecule has 0 radical (unpaired) electrons. The summed E-state index contributed by atoms with van der Waals surface area (Å²) in [5.74, 6) is -3.66. The molecule has 1 N–H and O–H groups in total. The second-order valence-electron chi connectivity index (χ2n) is 3.70. The number of rotatable bonds is 1. The average molecular weight is 198 g/mol. The zero-order chi connectivity index (χ0) is 10.3. The van der Waals surface area contributed by atoms with E-state index in [0.717, 1.165) is 0 Å². The summed E-state index contributed by atoms with van der Waals surface area (Å²) in [4.78, 5) is 33.3. The van der Waals surface area contributed by atoms with Gasteiger partial charge in [0.15, 0.2) is 17.8 Å². The number of aliphatic carboxylic acids is 1. The van der Waals surface area contributed by atoms with E-state index in [1.165, 1.54) is 0 Å². The molecule has 0 aromatic heterocycles. The fourth-order valence-electron chi connectivity index (χ4n) is 2.20. The van der Waals surface area contributed by atoms with E-state index in [9.17, 15) is 14.4 Å². The van der Waals surface area contributed by atoms with Crippen molar-refractivity contribution >= 4 is 17.7 Å². The summed E-state index contributed by atoms with van der Waals surface area (Å²) < 4.78 is 4.78. The van der Waals surface area contributed by atoms with Gasteiger partial charge in [-0.05, 0) is 12.8 Å². The smallest absolute Gasteiger partial charge is 0.321 e. The van der Waals surface area contributed by atoms with Crippen LogP contribution in [0.3, 0.4) is 0 Å². The molecule has 2 fully saturated rings. The van der Waals surface area contributed by atoms with Crippen LogP contribution in [0.5, 0.6) is 0 Å². The molecule has 14 heavy (non-hydrogen) atoms. The molecule has 2 rings (SSSR count). The Morgan fingerprint density at radius 1 is 1.43 bits per heavy atom. The van der Waals surface area contributed by atoms with Crippen molar-refractivity contribution in [1.82, 2.24) is 0 Å². The van der Waals surface area contributed by atoms with Gasteiger partial charge in [0.1, 0.15) is 0 Å². The third kappa shape index (κ3) is 1.20. The van der Waals surface area contributed by atoms with E-state index in [-0.39, 0.29) is 5.78 Å². The lowest BCUT2D eigenvalue weighted by Crippen LogP contribution is -2.35. The van der Waals surface area contributed by atoms with Crippen LogP contribution in [-0.4, -0.2) is 28.9 Å². The first-order chi connectivity index (χ1) is 6.61. The van der Waals surface area contributed by atoms with Gasteiger partial charge in [-0.2, -0.15) is 0 Å². The molecule has 5 nitrogen and oxygen atoms in total. The highest BCUT2D eigenvalue weighted by Crippen LogP contribution is 2.37. The van der Waals surface area contributed by atoms with Crippen molar-refractivity contribution in [2.45, 2.75) is 25.4 Å². The number of carbonyl (C=O) groups excluding carboxylic acids is 2. The molecule has 1 saturated carbocycles. The lowest BCUT2D eigenvalue weighted by atomic mass is 9.79. The maximum Gasteiger partial charge on any atom is 0.321 e. The van der Waals surface area contributed by atoms with Crippen molar-refractivity contribution in [3.05, 3.63) is 0 Å². The normalized spacial score (nSPS) is 36.4. The van der Waals surface area contributed by atoms with E-state index in [1.807, 2.05) is 0 Å². The molecule has 0 spiro atoms. The number of carboxylic acid groups (broad SMARTS) is 1. The van der Waals surface area contributed by atoms with Crippen LogP contribution < -0.4 is 0 Å². The number of Topliss-reactive ketones (excluding diaryl/α,β-unsaturated/α-hetero) is 1. The topological polar surface area (TPSA) is 80.7 Å². The van der Waals surface area contributed by atoms with Gasteiger partial charge in [-0.25, -0.2) is 0 Å². The SMILES string of the molecule is O=C1CCCC2C1OC(=O)C2C(=O)O. The van der Waals surface area contributed by atoms with Crippen LogP contribution >= 0.6 is 0 Å². The summed E-state index contributed by atoms with van der Waals surface area (Å²) in [5, 5.41) is 8.80. The number of carbonyl (C=O) groups is 3. The Hall–Kier alpha value is -1.39. The van der Waals surface area contributed by atoms with E-state index >= 15 is 0 Å². The molecule has 3 unspecified atom stereocenters. The van der Waals surface area contributed by atoms with Gasteiger partial charge in [0, 0.05) is 12.3 Å². The minimum atomic E-state index is -1.18. The van der Waals surface area contributed by atoms with Gasteiger partial charge in [-0.1, -0.05) is 0 Å². The maximum absolute atomic E-state index is 11.3. The lowest BCUT2D eigenvalue weighted by molar-refractivity contribution is -0.154. The Morgan fingerprint density at radius 3 is 2.79 bits per heavy atom. The van der Waals surface area contributed by atoms with Crippen molar-refractivity contribution in [2.24, 2.45) is 11.8 Å². The van der Waals surface area contributed by atoms with Crippen molar-refractivity contribution < 1.29 is 24.2 Å². The van der Waals surface area contributed by atoms with E-state index in [4.69, 9.17) is 9.84 Å². The van der Waals surface area contributed by atoms with Gasteiger partial charge >= 0.3 is 11.9 Å². The van der Waals surface area contributed by atoms with Crippen LogP contribution in [0.2, 0.25) is 0 Å². The monoisotopic (exact) mass is 198 g/mol. The van der Waals surface area contributed by atoms with E-state index in [2.05, 4.69) is 0 Å². The van der Waals surface area contributed by atoms with Crippen molar-refractivity contribution in [2.75, 3.05) is 0 Å². The van der Waals surface area contributed by atoms with Gasteiger partial charge in [0.25, 0.3) is 0 Å². The number of hydrogen-bond donors (Lipinski definition) is 1. The number of carboxylic acids is 1. The van der Waals surface area contributed by atoms with Gasteiger partial charge in [0.2, 0.25) is 0 Å². The molecule has 76 valence electrons. The van der Waals surface area contributed by atoms with Crippen molar-refractivity contribution in [3.63, 3.8) is 0 Å². The highest BCUT2D eigenvalue weighted by molar-refractivity contribution is 6.00. The minimum Gasteiger partial charge on any atom is -0.481 e. The molecule has 5 heteroatoms. The van der Waals surface area contributed by atoms with Crippen LogP contribution in [0.15, 0.2) is 0 Å². The fourth-order valence-corrected chi connectivity index (χ4v) is 2.20. The Labute approximate surface area is 80.0 Å². The van der Waals surface area contributed by atoms with Crippen LogP contribution in [-0.2, 0) is 19.1 Å². The quantitative estimate of drug-likeness (QED) is 0.473. The second-order valence-corrected chi connectivity index (χ2v) is 3.70. The molecule has 1 aliphatic heterocycles. The molecule has 1 saturated heterocycles. The van der Waals surface area contributed by atoms with E-state index < -0.39 is 29.9 Å². The molecule has 0 aromatic rings. The molecule has 0 amide bonds. The zero-order valence-electron chi connectivity index (χ0n) is 7.43. The van der Waals surface area contributed by atoms with Gasteiger partial charge in [-0.15, -0.1) is 0 Å². The van der Waals surface area contributed by atoms with Crippen LogP contribution in [0.25, 0.3) is 0 Å². The Bertz CT molecular complexity index is 308. The minimum absolute atomic E-state index is 0.140. The third-order valence-corrected chi connectivity index (χ3v) is 2.86. The summed E-state index contributed by atoms with van der Waals surface area (Å²) in [5.41, 5.74) is 0. The first kappa shape index (κ1) is 9.18. The largest absolute Gasteiger partial charge is 0.481 e. The highest BCUT2D eigenvalue weighted by atomic mass is 16.6. The van der Waals surface area contributed by atoms with Gasteiger partial charge in [0.05, 0.1) is 0 Å². The van der Waals surface area contributed by atoms with Gasteiger partial charge in [-0.3, -0.25) is 14.4 Å². The van der Waals surface area contributed by atoms with Crippen molar-refractivity contribution in [3.8, 4) is 0 Å². The summed E-state index contributed by atoms with van der Waals surface area (Å²) >= 11 is 0. The number of ether oxygens (including phenoxy) is 1. The fraction of sp³-hybridized carbons (Fsp3) is 0.667. The standard InChI is InChI=1S/C9H10O5/c10-5-3-1-2-4-6(8(11)12)9(13)14-7(4)5/h4,6-7H,1-3H2,(H,11,12).